The molecule has 1 atom stereocenters. The second-order valence-electron chi connectivity index (χ2n) is 5.76. The Balaban J connectivity index is 5.07. The predicted molar refractivity (Wildman–Crippen MR) is 86.7 cm³/mol. The standard InChI is InChI=1S/C14H32O3SSi/c1-8-9-10-14(18)19(15-11(2)3,16-12(4)5)17-13(6)7/h11-14,18H,8-10H2,1-7H3. The smallest absolute Gasteiger partial charge is 0.370 e. The molecule has 5 heteroatoms. The summed E-state index contributed by atoms with van der Waals surface area (Å²) in [6, 6.07) is 0. The van der Waals surface area contributed by atoms with Crippen LogP contribution in [-0.4, -0.2) is 32.0 Å². The molecule has 1 unspecified atom stereocenters. The van der Waals surface area contributed by atoms with Crippen molar-refractivity contribution < 1.29 is 13.3 Å². The molecule has 19 heavy (non-hydrogen) atoms. The summed E-state index contributed by atoms with van der Waals surface area (Å²) in [5.74, 6) is 0. The maximum absolute atomic E-state index is 6.14. The van der Waals surface area contributed by atoms with Crippen LogP contribution in [0.4, 0.5) is 0 Å². The monoisotopic (exact) mass is 308 g/mol. The van der Waals surface area contributed by atoms with Crippen molar-refractivity contribution in [3.63, 3.8) is 0 Å². The number of unbranched alkanes of at least 4 members (excludes halogenated alkanes) is 1. The first kappa shape index (κ1) is 19.4. The third kappa shape index (κ3) is 7.71. The molecular formula is C14H32O3SSi. The van der Waals surface area contributed by atoms with Gasteiger partial charge in [0, 0.05) is 18.3 Å². The van der Waals surface area contributed by atoms with E-state index in [0.29, 0.717) is 0 Å². The molecule has 3 nitrogen and oxygen atoms in total. The zero-order valence-electron chi connectivity index (χ0n) is 13.6. The maximum atomic E-state index is 6.14. The topological polar surface area (TPSA) is 27.7 Å². The van der Waals surface area contributed by atoms with Gasteiger partial charge in [-0.2, -0.15) is 12.6 Å². The summed E-state index contributed by atoms with van der Waals surface area (Å²) in [7, 11) is -2.76. The second kappa shape index (κ2) is 9.40. The second-order valence-corrected chi connectivity index (χ2v) is 9.48. The lowest BCUT2D eigenvalue weighted by atomic mass is 10.3. The molecule has 0 amide bonds. The van der Waals surface area contributed by atoms with Crippen LogP contribution in [0.5, 0.6) is 0 Å². The molecule has 0 radical (unpaired) electrons. The number of thiol groups is 1. The molecule has 0 aliphatic carbocycles. The van der Waals surface area contributed by atoms with Crippen LogP contribution >= 0.6 is 12.6 Å². The van der Waals surface area contributed by atoms with Gasteiger partial charge in [0.1, 0.15) is 0 Å². The first-order chi connectivity index (χ1) is 8.73. The summed E-state index contributed by atoms with van der Waals surface area (Å²) in [4.78, 5) is 0.0413. The van der Waals surface area contributed by atoms with E-state index in [1.54, 1.807) is 0 Å². The van der Waals surface area contributed by atoms with Gasteiger partial charge in [-0.3, -0.25) is 0 Å². The van der Waals surface area contributed by atoms with Crippen LogP contribution in [0.25, 0.3) is 0 Å². The predicted octanol–water partition coefficient (Wildman–Crippen LogP) is 4.23. The summed E-state index contributed by atoms with van der Waals surface area (Å²) >= 11 is 4.76. The third-order valence-electron chi connectivity index (χ3n) is 2.44. The minimum absolute atomic E-state index is 0.0413. The fourth-order valence-corrected chi connectivity index (χ4v) is 5.78. The Morgan fingerprint density at radius 1 is 0.842 bits per heavy atom. The quantitative estimate of drug-likeness (QED) is 0.483. The van der Waals surface area contributed by atoms with Crippen molar-refractivity contribution >= 4 is 21.4 Å². The fourth-order valence-electron chi connectivity index (χ4n) is 1.88. The zero-order chi connectivity index (χ0) is 15.1. The van der Waals surface area contributed by atoms with Crippen LogP contribution in [0, 0.1) is 0 Å². The van der Waals surface area contributed by atoms with Gasteiger partial charge in [0.2, 0.25) is 0 Å². The van der Waals surface area contributed by atoms with Gasteiger partial charge in [-0.25, -0.2) is 0 Å². The number of hydrogen-bond donors (Lipinski definition) is 1. The summed E-state index contributed by atoms with van der Waals surface area (Å²) in [6.07, 6.45) is 3.49. The van der Waals surface area contributed by atoms with Crippen LogP contribution < -0.4 is 0 Å². The third-order valence-corrected chi connectivity index (χ3v) is 7.15. The molecule has 0 saturated carbocycles. The van der Waals surface area contributed by atoms with Crippen LogP contribution in [0.15, 0.2) is 0 Å². The Morgan fingerprint density at radius 3 is 1.47 bits per heavy atom. The Morgan fingerprint density at radius 2 is 1.21 bits per heavy atom. The van der Waals surface area contributed by atoms with E-state index in [4.69, 9.17) is 25.9 Å². The van der Waals surface area contributed by atoms with Gasteiger partial charge in [0.25, 0.3) is 0 Å². The number of rotatable bonds is 10. The minimum Gasteiger partial charge on any atom is -0.370 e. The van der Waals surface area contributed by atoms with E-state index in [2.05, 4.69) is 6.92 Å². The Hall–Kier alpha value is 0.447. The molecule has 0 aromatic heterocycles. The first-order valence-corrected chi connectivity index (χ1v) is 9.76. The highest BCUT2D eigenvalue weighted by molar-refractivity contribution is 7.83. The molecule has 0 bridgehead atoms. The van der Waals surface area contributed by atoms with Crippen molar-refractivity contribution in [2.45, 2.75) is 90.9 Å². The minimum atomic E-state index is -2.76. The summed E-state index contributed by atoms with van der Waals surface area (Å²) in [5, 5.41) is 0. The van der Waals surface area contributed by atoms with E-state index in [-0.39, 0.29) is 23.2 Å². The van der Waals surface area contributed by atoms with Gasteiger partial charge in [-0.05, 0) is 48.0 Å². The van der Waals surface area contributed by atoms with Crippen LogP contribution in [0.2, 0.25) is 0 Å². The lowest BCUT2D eigenvalue weighted by molar-refractivity contribution is 0.00132. The highest BCUT2D eigenvalue weighted by atomic mass is 32.1. The normalized spacial score (nSPS) is 14.7. The molecule has 0 saturated heterocycles. The van der Waals surface area contributed by atoms with Gasteiger partial charge in [-0.1, -0.05) is 19.8 Å². The molecule has 0 spiro atoms. The Bertz CT molecular complexity index is 208. The molecule has 0 aromatic rings. The SMILES string of the molecule is CCCCC(S)[Si](OC(C)C)(OC(C)C)OC(C)C. The molecule has 0 aliphatic rings. The van der Waals surface area contributed by atoms with Gasteiger partial charge >= 0.3 is 8.80 Å². The molecule has 116 valence electrons. The van der Waals surface area contributed by atoms with Gasteiger partial charge < -0.3 is 13.3 Å². The highest BCUT2D eigenvalue weighted by Gasteiger charge is 2.50. The largest absolute Gasteiger partial charge is 0.515 e. The molecule has 0 fully saturated rings. The van der Waals surface area contributed by atoms with Crippen molar-refractivity contribution in [2.75, 3.05) is 0 Å². The van der Waals surface area contributed by atoms with Crippen molar-refractivity contribution in [2.24, 2.45) is 0 Å². The fraction of sp³-hybridized carbons (Fsp3) is 1.00. The van der Waals surface area contributed by atoms with Crippen LogP contribution in [0.1, 0.15) is 67.7 Å². The molecule has 0 heterocycles. The summed E-state index contributed by atoms with van der Waals surface area (Å²) in [5.41, 5.74) is 0. The molecule has 0 aromatic carbocycles. The summed E-state index contributed by atoms with van der Waals surface area (Å²) in [6.45, 7) is 14.3. The Labute approximate surface area is 126 Å². The van der Waals surface area contributed by atoms with E-state index in [9.17, 15) is 0 Å². The van der Waals surface area contributed by atoms with Crippen molar-refractivity contribution in [3.05, 3.63) is 0 Å². The molecule has 0 aliphatic heterocycles. The van der Waals surface area contributed by atoms with Crippen molar-refractivity contribution in [3.8, 4) is 0 Å². The van der Waals surface area contributed by atoms with Crippen molar-refractivity contribution in [1.29, 1.82) is 0 Å². The maximum Gasteiger partial charge on any atom is 0.515 e. The lowest BCUT2D eigenvalue weighted by Gasteiger charge is -2.38. The van der Waals surface area contributed by atoms with Gasteiger partial charge in [0.05, 0.1) is 4.87 Å². The first-order valence-electron chi connectivity index (χ1n) is 7.45. The van der Waals surface area contributed by atoms with E-state index in [0.717, 1.165) is 19.3 Å². The van der Waals surface area contributed by atoms with Gasteiger partial charge in [0.15, 0.2) is 0 Å². The highest BCUT2D eigenvalue weighted by Crippen LogP contribution is 2.28. The average molecular weight is 309 g/mol. The van der Waals surface area contributed by atoms with Crippen molar-refractivity contribution in [1.82, 2.24) is 0 Å². The van der Waals surface area contributed by atoms with Crippen LogP contribution in [0.3, 0.4) is 0 Å². The molecule has 0 N–H and O–H groups in total. The molecule has 0 rings (SSSR count). The van der Waals surface area contributed by atoms with E-state index in [1.165, 1.54) is 0 Å². The van der Waals surface area contributed by atoms with E-state index in [1.807, 2.05) is 41.5 Å². The lowest BCUT2D eigenvalue weighted by Crippen LogP contribution is -2.58. The average Bonchev–Trinajstić information content (AvgIpc) is 2.22. The van der Waals surface area contributed by atoms with E-state index >= 15 is 0 Å². The molecular weight excluding hydrogens is 276 g/mol. The van der Waals surface area contributed by atoms with Crippen LogP contribution in [-0.2, 0) is 13.3 Å². The Kier molecular flexibility index (Phi) is 9.62. The zero-order valence-corrected chi connectivity index (χ0v) is 15.5. The number of hydrogen-bond acceptors (Lipinski definition) is 4. The summed E-state index contributed by atoms with van der Waals surface area (Å²) < 4.78 is 18.4. The van der Waals surface area contributed by atoms with E-state index < -0.39 is 8.80 Å². The van der Waals surface area contributed by atoms with Gasteiger partial charge in [-0.15, -0.1) is 0 Å².